The lowest BCUT2D eigenvalue weighted by atomic mass is 9.91. The number of halogens is 6. The molecule has 2 aromatic carbocycles. The van der Waals surface area contributed by atoms with Gasteiger partial charge in [0.1, 0.15) is 12.0 Å². The molecule has 0 radical (unpaired) electrons. The molecule has 0 bridgehead atoms. The molecule has 1 fully saturated rings. The minimum Gasteiger partial charge on any atom is -0.344 e. The highest BCUT2D eigenvalue weighted by Gasteiger charge is 2.46. The Kier molecular flexibility index (Phi) is 6.80. The van der Waals surface area contributed by atoms with Crippen molar-refractivity contribution in [3.8, 4) is 0 Å². The van der Waals surface area contributed by atoms with Crippen LogP contribution in [-0.4, -0.2) is 30.2 Å². The van der Waals surface area contributed by atoms with Crippen LogP contribution in [0.5, 0.6) is 0 Å². The first-order valence-electron chi connectivity index (χ1n) is 9.82. The number of piperidine rings is 1. The van der Waals surface area contributed by atoms with E-state index in [4.69, 9.17) is 0 Å². The smallest absolute Gasteiger partial charge is 0.344 e. The predicted molar refractivity (Wildman–Crippen MR) is 103 cm³/mol. The maximum Gasteiger partial charge on any atom is 0.408 e. The van der Waals surface area contributed by atoms with Gasteiger partial charge >= 0.3 is 12.4 Å². The van der Waals surface area contributed by atoms with Crippen molar-refractivity contribution in [2.75, 3.05) is 0 Å². The van der Waals surface area contributed by atoms with E-state index in [1.54, 1.807) is 30.3 Å². The first kappa shape index (κ1) is 23.6. The van der Waals surface area contributed by atoms with E-state index in [0.29, 0.717) is 11.1 Å². The molecule has 1 aliphatic rings. The summed E-state index contributed by atoms with van der Waals surface area (Å²) >= 11 is 0. The SMILES string of the molecule is O=C(NC(c1ccccc1)c1ccc(CC(F)(F)F)cc1)C1CCC(C(F)(F)F)NC1=O. The van der Waals surface area contributed by atoms with E-state index in [2.05, 4.69) is 5.32 Å². The number of carbonyl (C=O) groups excluding carboxylic acids is 2. The van der Waals surface area contributed by atoms with E-state index < -0.39 is 55.0 Å². The topological polar surface area (TPSA) is 58.2 Å². The van der Waals surface area contributed by atoms with Crippen molar-refractivity contribution in [3.63, 3.8) is 0 Å². The van der Waals surface area contributed by atoms with Crippen molar-refractivity contribution in [3.05, 3.63) is 71.3 Å². The summed E-state index contributed by atoms with van der Waals surface area (Å²) in [5, 5.41) is 4.51. The average Bonchev–Trinajstić information content (AvgIpc) is 2.71. The molecule has 2 N–H and O–H groups in total. The summed E-state index contributed by atoms with van der Waals surface area (Å²) in [6.45, 7) is 0. The van der Waals surface area contributed by atoms with Crippen molar-refractivity contribution in [1.29, 1.82) is 0 Å². The van der Waals surface area contributed by atoms with Crippen LogP contribution in [0.4, 0.5) is 26.3 Å². The lowest BCUT2D eigenvalue weighted by molar-refractivity contribution is -0.171. The Morgan fingerprint density at radius 3 is 2.06 bits per heavy atom. The highest BCUT2D eigenvalue weighted by molar-refractivity contribution is 6.01. The maximum atomic E-state index is 12.8. The van der Waals surface area contributed by atoms with Gasteiger partial charge in [-0.25, -0.2) is 0 Å². The Hall–Kier alpha value is -3.04. The second-order valence-corrected chi connectivity index (χ2v) is 7.62. The summed E-state index contributed by atoms with van der Waals surface area (Å²) in [6, 6.07) is 11.2. The Morgan fingerprint density at radius 1 is 0.938 bits per heavy atom. The normalized spacial score (nSPS) is 20.4. The molecule has 172 valence electrons. The summed E-state index contributed by atoms with van der Waals surface area (Å²) < 4.78 is 76.4. The monoisotopic (exact) mass is 458 g/mol. The molecular formula is C22H20F6N2O2. The van der Waals surface area contributed by atoms with Crippen molar-refractivity contribution in [1.82, 2.24) is 10.6 Å². The van der Waals surface area contributed by atoms with Gasteiger partial charge < -0.3 is 10.6 Å². The van der Waals surface area contributed by atoms with Gasteiger partial charge in [-0.3, -0.25) is 9.59 Å². The predicted octanol–water partition coefficient (Wildman–Crippen LogP) is 4.45. The quantitative estimate of drug-likeness (QED) is 0.514. The molecule has 2 amide bonds. The Morgan fingerprint density at radius 2 is 1.53 bits per heavy atom. The molecular weight excluding hydrogens is 438 g/mol. The molecule has 0 aliphatic carbocycles. The Labute approximate surface area is 180 Å². The third-order valence-corrected chi connectivity index (χ3v) is 5.23. The van der Waals surface area contributed by atoms with Gasteiger partial charge in [-0.15, -0.1) is 0 Å². The maximum absolute atomic E-state index is 12.8. The number of hydrogen-bond acceptors (Lipinski definition) is 2. The third kappa shape index (κ3) is 6.02. The minimum atomic E-state index is -4.60. The highest BCUT2D eigenvalue weighted by atomic mass is 19.4. The molecule has 0 spiro atoms. The zero-order valence-electron chi connectivity index (χ0n) is 16.6. The van der Waals surface area contributed by atoms with Crippen LogP contribution in [0.3, 0.4) is 0 Å². The molecule has 1 heterocycles. The van der Waals surface area contributed by atoms with Gasteiger partial charge in [0.25, 0.3) is 0 Å². The van der Waals surface area contributed by atoms with Crippen molar-refractivity contribution in [2.45, 2.75) is 43.7 Å². The molecule has 3 atom stereocenters. The standard InChI is InChI=1S/C22H20F6N2O2/c23-21(24,25)12-13-6-8-15(9-7-13)18(14-4-2-1-3-5-14)30-20(32)16-10-11-17(22(26,27)28)29-19(16)31/h1-9,16-18H,10-12H2,(H,29,31)(H,30,32). The lowest BCUT2D eigenvalue weighted by Crippen LogP contribution is -2.54. The van der Waals surface area contributed by atoms with Crippen LogP contribution in [0.25, 0.3) is 0 Å². The summed E-state index contributed by atoms with van der Waals surface area (Å²) in [5.41, 5.74) is 1.12. The fraction of sp³-hybridized carbons (Fsp3) is 0.364. The van der Waals surface area contributed by atoms with Crippen LogP contribution in [0.15, 0.2) is 54.6 Å². The van der Waals surface area contributed by atoms with Crippen molar-refractivity contribution < 1.29 is 35.9 Å². The number of benzene rings is 2. The molecule has 4 nitrogen and oxygen atoms in total. The van der Waals surface area contributed by atoms with E-state index in [1.165, 1.54) is 24.3 Å². The first-order chi connectivity index (χ1) is 14.9. The van der Waals surface area contributed by atoms with Gasteiger partial charge in [-0.05, 0) is 29.5 Å². The van der Waals surface area contributed by atoms with Gasteiger partial charge in [0, 0.05) is 0 Å². The summed E-state index contributed by atoms with van der Waals surface area (Å²) in [4.78, 5) is 24.9. The number of rotatable bonds is 5. The van der Waals surface area contributed by atoms with Crippen molar-refractivity contribution in [2.24, 2.45) is 5.92 Å². The van der Waals surface area contributed by atoms with Crippen LogP contribution < -0.4 is 10.6 Å². The van der Waals surface area contributed by atoms with Crippen molar-refractivity contribution >= 4 is 11.8 Å². The lowest BCUT2D eigenvalue weighted by Gasteiger charge is -2.31. The second-order valence-electron chi connectivity index (χ2n) is 7.62. The van der Waals surface area contributed by atoms with Gasteiger partial charge in [0.05, 0.1) is 12.5 Å². The second kappa shape index (κ2) is 9.22. The van der Waals surface area contributed by atoms with E-state index in [0.717, 1.165) is 0 Å². The average molecular weight is 458 g/mol. The summed E-state index contributed by atoms with van der Waals surface area (Å²) in [5.74, 6) is -3.07. The number of hydrogen-bond donors (Lipinski definition) is 2. The molecule has 3 rings (SSSR count). The third-order valence-electron chi connectivity index (χ3n) is 5.23. The van der Waals surface area contributed by atoms with E-state index in [9.17, 15) is 35.9 Å². The minimum absolute atomic E-state index is 0.0456. The molecule has 0 aromatic heterocycles. The number of carbonyl (C=O) groups is 2. The van der Waals surface area contributed by atoms with Gasteiger partial charge in [0.2, 0.25) is 11.8 Å². The van der Waals surface area contributed by atoms with Crippen LogP contribution in [0.2, 0.25) is 0 Å². The number of alkyl halides is 6. The molecule has 0 saturated carbocycles. The zero-order chi connectivity index (χ0) is 23.5. The Balaban J connectivity index is 1.79. The van der Waals surface area contributed by atoms with Gasteiger partial charge in [-0.1, -0.05) is 54.6 Å². The number of amides is 2. The molecule has 2 aromatic rings. The zero-order valence-corrected chi connectivity index (χ0v) is 16.6. The molecule has 32 heavy (non-hydrogen) atoms. The van der Waals surface area contributed by atoms with Crippen LogP contribution >= 0.6 is 0 Å². The first-order valence-corrected chi connectivity index (χ1v) is 9.82. The number of nitrogens with one attached hydrogen (secondary N) is 2. The summed E-state index contributed by atoms with van der Waals surface area (Å²) in [7, 11) is 0. The van der Waals surface area contributed by atoms with Crippen LogP contribution in [-0.2, 0) is 16.0 Å². The van der Waals surface area contributed by atoms with Crippen LogP contribution in [0, 0.1) is 5.92 Å². The fourth-order valence-corrected chi connectivity index (χ4v) is 3.61. The highest BCUT2D eigenvalue weighted by Crippen LogP contribution is 2.30. The van der Waals surface area contributed by atoms with E-state index in [-0.39, 0.29) is 12.0 Å². The van der Waals surface area contributed by atoms with Gasteiger partial charge in [0.15, 0.2) is 0 Å². The molecule has 3 unspecified atom stereocenters. The van der Waals surface area contributed by atoms with Crippen LogP contribution in [0.1, 0.15) is 35.6 Å². The summed E-state index contributed by atoms with van der Waals surface area (Å²) in [6.07, 6.45) is -10.7. The Bertz CT molecular complexity index is 942. The molecule has 1 aliphatic heterocycles. The van der Waals surface area contributed by atoms with E-state index >= 15 is 0 Å². The molecule has 10 heteroatoms. The van der Waals surface area contributed by atoms with E-state index in [1.807, 2.05) is 5.32 Å². The fourth-order valence-electron chi connectivity index (χ4n) is 3.61. The van der Waals surface area contributed by atoms with Gasteiger partial charge in [-0.2, -0.15) is 26.3 Å². The molecule has 1 saturated heterocycles. The largest absolute Gasteiger partial charge is 0.408 e.